The van der Waals surface area contributed by atoms with E-state index in [4.69, 9.17) is 30.0 Å². The second kappa shape index (κ2) is 13.4. The van der Waals surface area contributed by atoms with Gasteiger partial charge in [0, 0.05) is 18.8 Å². The van der Waals surface area contributed by atoms with E-state index in [0.29, 0.717) is 5.03 Å². The Kier molecular flexibility index (Phi) is 9.48. The highest BCUT2D eigenvalue weighted by molar-refractivity contribution is 8.76. The van der Waals surface area contributed by atoms with Gasteiger partial charge in [0.15, 0.2) is 17.4 Å². The summed E-state index contributed by atoms with van der Waals surface area (Å²) >= 11 is 0. The Morgan fingerprint density at radius 1 is 1.13 bits per heavy atom. The number of H-pyrrole nitrogens is 1. The molecule has 4 aromatic rings. The Morgan fingerprint density at radius 3 is 2.70 bits per heavy atom. The fraction of sp³-hybridized carbons (Fsp3) is 0.417. The second-order valence-electron chi connectivity index (χ2n) is 10.1. The van der Waals surface area contributed by atoms with Crippen molar-refractivity contribution >= 4 is 52.3 Å². The third-order valence-electron chi connectivity index (χ3n) is 7.10. The zero-order chi connectivity index (χ0) is 32.6. The summed E-state index contributed by atoms with van der Waals surface area (Å²) in [4.78, 5) is 54.0. The van der Waals surface area contributed by atoms with E-state index in [2.05, 4.69) is 24.9 Å². The first-order chi connectivity index (χ1) is 22.0. The minimum atomic E-state index is -4.91. The van der Waals surface area contributed by atoms with Crippen molar-refractivity contribution < 1.29 is 38.2 Å². The number of nitrogens with one attached hydrogen (secondary N) is 1. The van der Waals surface area contributed by atoms with Crippen molar-refractivity contribution in [2.75, 3.05) is 24.7 Å². The van der Waals surface area contributed by atoms with E-state index in [9.17, 15) is 29.3 Å². The molecule has 0 saturated carbocycles. The molecule has 0 radical (unpaired) electrons. The van der Waals surface area contributed by atoms with Crippen molar-refractivity contribution in [3.8, 4) is 0 Å². The molecule has 0 amide bonds. The van der Waals surface area contributed by atoms with Crippen molar-refractivity contribution in [2.45, 2.75) is 53.6 Å². The number of fused-ring (bicyclic) bond motifs is 1. The molecule has 19 nitrogen and oxygen atoms in total. The second-order valence-corrected chi connectivity index (χ2v) is 13.9. The van der Waals surface area contributed by atoms with Crippen LogP contribution in [0.15, 0.2) is 57.6 Å². The van der Waals surface area contributed by atoms with Gasteiger partial charge in [0.2, 0.25) is 5.95 Å². The number of nitrogens with zero attached hydrogens (tertiary/aromatic N) is 6. The van der Waals surface area contributed by atoms with Crippen molar-refractivity contribution in [3.05, 3.63) is 63.8 Å². The van der Waals surface area contributed by atoms with Gasteiger partial charge in [-0.15, -0.1) is 0 Å². The van der Waals surface area contributed by atoms with Crippen LogP contribution in [-0.2, 0) is 23.1 Å². The molecule has 0 bridgehead atoms. The Bertz CT molecular complexity index is 1860. The summed E-state index contributed by atoms with van der Waals surface area (Å²) in [5.41, 5.74) is 10.1. The lowest BCUT2D eigenvalue weighted by molar-refractivity contribution is -0.0564. The number of pyridine rings is 1. The number of aliphatic hydroxyl groups excluding tert-OH is 2. The molecule has 22 heteroatoms. The van der Waals surface area contributed by atoms with Gasteiger partial charge in [0.1, 0.15) is 35.4 Å². The van der Waals surface area contributed by atoms with Crippen LogP contribution in [0.4, 0.5) is 11.8 Å². The molecule has 2 fully saturated rings. The van der Waals surface area contributed by atoms with Crippen LogP contribution in [0.25, 0.3) is 11.2 Å². The summed E-state index contributed by atoms with van der Waals surface area (Å²) in [5.74, 6) is -0.150. The molecule has 1 unspecified atom stereocenters. The number of rotatable bonds is 11. The van der Waals surface area contributed by atoms with Gasteiger partial charge in [0.05, 0.1) is 30.9 Å². The first kappa shape index (κ1) is 32.6. The summed E-state index contributed by atoms with van der Waals surface area (Å²) in [6.07, 6.45) is -2.33. The number of ether oxygens (including phenoxy) is 2. The predicted molar refractivity (Wildman–Crippen MR) is 163 cm³/mol. The molecule has 2 aliphatic heterocycles. The lowest BCUT2D eigenvalue weighted by Gasteiger charge is -2.25. The first-order valence-corrected chi connectivity index (χ1v) is 17.3. The third kappa shape index (κ3) is 6.83. The van der Waals surface area contributed by atoms with Gasteiger partial charge in [-0.3, -0.25) is 28.0 Å². The molecule has 46 heavy (non-hydrogen) atoms. The zero-order valence-electron chi connectivity index (χ0n) is 23.5. The average molecular weight is 698 g/mol. The largest absolute Gasteiger partial charge is 0.472 e. The number of aromatic amines is 1. The molecule has 2 aliphatic rings. The van der Waals surface area contributed by atoms with Crippen molar-refractivity contribution in [3.63, 3.8) is 0 Å². The molecule has 6 rings (SSSR count). The number of nitrogen functional groups attached to an aromatic ring is 2. The SMILES string of the molecule is Nc1ccn([C@@H]2O[C@H](CO)[C@@H](OP(=O)(O)OC[C@H]3O[C@@H](n4cnc5c(=O)[nH]c(N)nc54)C[C@@H]3O)[C@H]2SSc2ccccn2)c(=O)n1. The Balaban J connectivity index is 1.17. The number of anilines is 2. The number of hydrogen-bond acceptors (Lipinski definition) is 17. The first-order valence-electron chi connectivity index (χ1n) is 13.6. The minimum Gasteiger partial charge on any atom is -0.394 e. The van der Waals surface area contributed by atoms with E-state index >= 15 is 0 Å². The molecule has 8 N–H and O–H groups in total. The summed E-state index contributed by atoms with van der Waals surface area (Å²) < 4.78 is 38.4. The van der Waals surface area contributed by atoms with Gasteiger partial charge in [-0.05, 0) is 29.0 Å². The van der Waals surface area contributed by atoms with Crippen LogP contribution in [0, 0.1) is 0 Å². The smallest absolute Gasteiger partial charge is 0.394 e. The highest BCUT2D eigenvalue weighted by Gasteiger charge is 2.50. The van der Waals surface area contributed by atoms with Gasteiger partial charge in [-0.25, -0.2) is 19.3 Å². The zero-order valence-corrected chi connectivity index (χ0v) is 26.0. The number of phosphoric ester groups is 1. The van der Waals surface area contributed by atoms with E-state index in [-0.39, 0.29) is 29.4 Å². The predicted octanol–water partition coefficient (Wildman–Crippen LogP) is -0.215. The van der Waals surface area contributed by atoms with Crippen molar-refractivity contribution in [2.24, 2.45) is 0 Å². The van der Waals surface area contributed by atoms with E-state index in [1.54, 1.807) is 24.4 Å². The van der Waals surface area contributed by atoms with E-state index in [1.807, 2.05) is 0 Å². The Labute approximate surface area is 266 Å². The van der Waals surface area contributed by atoms with E-state index < -0.39 is 74.4 Å². The Morgan fingerprint density at radius 2 is 1.96 bits per heavy atom. The maximum Gasteiger partial charge on any atom is 0.472 e. The third-order valence-corrected chi connectivity index (χ3v) is 10.8. The van der Waals surface area contributed by atoms with E-state index in [1.165, 1.54) is 34.0 Å². The highest BCUT2D eigenvalue weighted by Crippen LogP contribution is 2.53. The molecule has 0 aromatic carbocycles. The minimum absolute atomic E-state index is 0.0140. The number of nitrogens with two attached hydrogens (primary N) is 2. The van der Waals surface area contributed by atoms with E-state index in [0.717, 1.165) is 15.4 Å². The standard InChI is InChI=1S/C24H28N9O10PS2/c25-14-4-6-32(24(37)29-14)22-19(46-45-15-3-1-2-5-27-15)18(12(8-34)42-22)43-44(38,39)40-9-13-11(35)7-16(41-13)33-10-28-17-20(33)30-23(26)31-21(17)36/h1-6,10-13,16,18-19,22,34-35H,7-9H2,(H,38,39)(H2,25,29,37)(H3,26,30,31,36)/t11-,12+,13+,16+,18+,19+,22+/m0/s1. The number of aromatic nitrogens is 7. The molecule has 0 spiro atoms. The molecule has 246 valence electrons. The monoisotopic (exact) mass is 697 g/mol. The quantitative estimate of drug-likeness (QED) is 0.0873. The fourth-order valence-corrected chi connectivity index (χ4v) is 8.64. The van der Waals surface area contributed by atoms with Gasteiger partial charge >= 0.3 is 13.5 Å². The molecule has 4 aromatic heterocycles. The molecular weight excluding hydrogens is 669 g/mol. The fourth-order valence-electron chi connectivity index (χ4n) is 4.97. The van der Waals surface area contributed by atoms with Crippen LogP contribution in [0.2, 0.25) is 0 Å². The van der Waals surface area contributed by atoms with Crippen LogP contribution < -0.4 is 22.7 Å². The lowest BCUT2D eigenvalue weighted by Crippen LogP contribution is -2.36. The van der Waals surface area contributed by atoms with Crippen LogP contribution in [0.5, 0.6) is 0 Å². The average Bonchev–Trinajstić information content (AvgIpc) is 3.70. The molecular formula is C24H28N9O10PS2. The van der Waals surface area contributed by atoms with Crippen molar-refractivity contribution in [1.29, 1.82) is 0 Å². The normalized spacial score (nSPS) is 27.7. The van der Waals surface area contributed by atoms with Crippen molar-refractivity contribution in [1.82, 2.24) is 34.1 Å². The van der Waals surface area contributed by atoms with Crippen LogP contribution in [0.3, 0.4) is 0 Å². The topological polar surface area (TPSA) is 278 Å². The van der Waals surface area contributed by atoms with Gasteiger partial charge in [-0.1, -0.05) is 16.9 Å². The van der Waals surface area contributed by atoms with Gasteiger partial charge < -0.3 is 36.0 Å². The summed E-state index contributed by atoms with van der Waals surface area (Å²) in [7, 11) is -2.57. The number of aliphatic hydroxyl groups is 2. The Hall–Kier alpha value is -3.37. The summed E-state index contributed by atoms with van der Waals surface area (Å²) in [5, 5.41) is 20.5. The van der Waals surface area contributed by atoms with Crippen LogP contribution in [-0.4, -0.2) is 92.0 Å². The summed E-state index contributed by atoms with van der Waals surface area (Å²) in [6, 6.07) is 6.64. The van der Waals surface area contributed by atoms with Gasteiger partial charge in [0.25, 0.3) is 5.56 Å². The maximum absolute atomic E-state index is 13.3. The van der Waals surface area contributed by atoms with Crippen LogP contribution >= 0.6 is 29.4 Å². The molecule has 6 heterocycles. The molecule has 8 atom stereocenters. The summed E-state index contributed by atoms with van der Waals surface area (Å²) in [6.45, 7) is -1.20. The maximum atomic E-state index is 13.3. The molecule has 2 saturated heterocycles. The number of imidazole rings is 1. The molecule has 0 aliphatic carbocycles. The van der Waals surface area contributed by atoms with Crippen LogP contribution in [0.1, 0.15) is 18.9 Å². The lowest BCUT2D eigenvalue weighted by atomic mass is 10.2. The highest BCUT2D eigenvalue weighted by atomic mass is 33.1. The number of phosphoric acid groups is 1. The number of hydrogen-bond donors (Lipinski definition) is 6. The van der Waals surface area contributed by atoms with Gasteiger partial charge in [-0.2, -0.15) is 9.97 Å².